The van der Waals surface area contributed by atoms with Gasteiger partial charge in [0, 0.05) is 0 Å². The highest BCUT2D eigenvalue weighted by Crippen LogP contribution is 2.61. The van der Waals surface area contributed by atoms with Crippen LogP contribution in [0.2, 0.25) is 0 Å². The Bertz CT molecular complexity index is 1040. The van der Waals surface area contributed by atoms with Crippen LogP contribution in [0, 0.1) is 16.7 Å². The van der Waals surface area contributed by atoms with Crippen molar-refractivity contribution in [1.82, 2.24) is 19.5 Å². The summed E-state index contributed by atoms with van der Waals surface area (Å²) in [6.07, 6.45) is -1.27. The van der Waals surface area contributed by atoms with Gasteiger partial charge in [-0.1, -0.05) is 0 Å². The number of hydrogen-bond acceptors (Lipinski definition) is 11. The maximum absolute atomic E-state index is 12.8. The first-order valence-corrected chi connectivity index (χ1v) is 10.4. The Balaban J connectivity index is 1.75. The second kappa shape index (κ2) is 6.90. The minimum absolute atomic E-state index is 0.0143. The number of phosphoric ester groups is 1. The number of methoxy groups -OCH3 is 1. The molecule has 4 rings (SSSR count). The highest BCUT2D eigenvalue weighted by Gasteiger charge is 2.61. The Labute approximate surface area is 166 Å². The van der Waals surface area contributed by atoms with Gasteiger partial charge in [0.2, 0.25) is 11.8 Å². The molecule has 156 valence electrons. The fourth-order valence-corrected chi connectivity index (χ4v) is 5.20. The fraction of sp³-hybridized carbons (Fsp3) is 0.625. The molecule has 0 bridgehead atoms. The van der Waals surface area contributed by atoms with Crippen molar-refractivity contribution in [2.24, 2.45) is 5.41 Å². The molecule has 2 aromatic rings. The molecule has 0 aromatic carbocycles. The minimum Gasteiger partial charge on any atom is -0.479 e. The van der Waals surface area contributed by atoms with E-state index in [1.54, 1.807) is 25.3 Å². The monoisotopic (exact) mass is 424 g/mol. The van der Waals surface area contributed by atoms with Crippen molar-refractivity contribution < 1.29 is 27.6 Å². The van der Waals surface area contributed by atoms with Crippen molar-refractivity contribution in [1.29, 1.82) is 5.26 Å². The minimum atomic E-state index is -3.83. The number of nitrogens with zero attached hydrogens (tertiary/aromatic N) is 5. The third-order valence-corrected chi connectivity index (χ3v) is 6.45. The van der Waals surface area contributed by atoms with E-state index in [2.05, 4.69) is 21.0 Å². The number of nitriles is 1. The zero-order chi connectivity index (χ0) is 21.0. The van der Waals surface area contributed by atoms with Gasteiger partial charge in [0.05, 0.1) is 32.2 Å². The van der Waals surface area contributed by atoms with Gasteiger partial charge in [-0.3, -0.25) is 18.1 Å². The van der Waals surface area contributed by atoms with Gasteiger partial charge in [-0.25, -0.2) is 9.55 Å². The van der Waals surface area contributed by atoms with Gasteiger partial charge in [-0.2, -0.15) is 15.2 Å². The molecule has 0 aliphatic carbocycles. The van der Waals surface area contributed by atoms with Gasteiger partial charge in [0.25, 0.3) is 0 Å². The molecule has 12 nitrogen and oxygen atoms in total. The molecule has 5 unspecified atom stereocenters. The molecule has 2 N–H and O–H groups in total. The van der Waals surface area contributed by atoms with E-state index in [0.29, 0.717) is 11.2 Å². The van der Waals surface area contributed by atoms with Crippen molar-refractivity contribution in [2.45, 2.75) is 45.3 Å². The van der Waals surface area contributed by atoms with Crippen molar-refractivity contribution in [3.63, 3.8) is 0 Å². The third-order valence-electron chi connectivity index (χ3n) is 4.82. The van der Waals surface area contributed by atoms with Crippen LogP contribution >= 0.6 is 7.82 Å². The molecule has 0 saturated carbocycles. The van der Waals surface area contributed by atoms with E-state index in [1.807, 2.05) is 0 Å². The average molecular weight is 424 g/mol. The standard InChI is InChI=1S/C16H21N6O6P/c1-8(2)27-29(23)25-5-9-11(28-29)16(3,6-17)14(26-9)22-7-19-10-12(22)20-15(18)21-13(10)24-4/h7-9,11,14H,5H2,1-4H3,(H2,18,20,21). The molecule has 2 aliphatic rings. The number of ether oxygens (including phenoxy) is 2. The number of rotatable bonds is 4. The molecule has 2 saturated heterocycles. The quantitative estimate of drug-likeness (QED) is 0.714. The predicted molar refractivity (Wildman–Crippen MR) is 98.6 cm³/mol. The maximum Gasteiger partial charge on any atom is 0.475 e. The number of nitrogens with two attached hydrogens (primary N) is 1. The Morgan fingerprint density at radius 2 is 2.24 bits per heavy atom. The molecule has 5 atom stereocenters. The van der Waals surface area contributed by atoms with E-state index in [-0.39, 0.29) is 24.5 Å². The van der Waals surface area contributed by atoms with Gasteiger partial charge < -0.3 is 15.2 Å². The zero-order valence-corrected chi connectivity index (χ0v) is 17.2. The summed E-state index contributed by atoms with van der Waals surface area (Å²) in [5, 5.41) is 10.0. The fourth-order valence-electron chi connectivity index (χ4n) is 3.55. The summed E-state index contributed by atoms with van der Waals surface area (Å²) in [5.74, 6) is 0.189. The molecule has 2 aromatic heterocycles. The molecular formula is C16H21N6O6P. The Kier molecular flexibility index (Phi) is 4.76. The molecule has 4 heterocycles. The van der Waals surface area contributed by atoms with Crippen LogP contribution in [-0.4, -0.2) is 51.5 Å². The molecule has 2 fully saturated rings. The predicted octanol–water partition coefficient (Wildman–Crippen LogP) is 1.79. The van der Waals surface area contributed by atoms with Gasteiger partial charge >= 0.3 is 7.82 Å². The van der Waals surface area contributed by atoms with E-state index >= 15 is 0 Å². The van der Waals surface area contributed by atoms with E-state index < -0.39 is 31.7 Å². The van der Waals surface area contributed by atoms with E-state index in [4.69, 9.17) is 28.8 Å². The lowest BCUT2D eigenvalue weighted by Gasteiger charge is -2.34. The molecule has 2 aliphatic heterocycles. The van der Waals surface area contributed by atoms with Gasteiger partial charge in [-0.15, -0.1) is 0 Å². The highest BCUT2D eigenvalue weighted by molar-refractivity contribution is 7.48. The van der Waals surface area contributed by atoms with Crippen LogP contribution in [0.5, 0.6) is 5.88 Å². The lowest BCUT2D eigenvalue weighted by molar-refractivity contribution is -0.0733. The number of nitrogen functional groups attached to an aromatic ring is 1. The van der Waals surface area contributed by atoms with E-state index in [9.17, 15) is 9.83 Å². The lowest BCUT2D eigenvalue weighted by atomic mass is 9.84. The Hall–Kier alpha value is -2.29. The Morgan fingerprint density at radius 1 is 1.48 bits per heavy atom. The van der Waals surface area contributed by atoms with Gasteiger partial charge in [0.1, 0.15) is 17.6 Å². The first-order valence-electron chi connectivity index (χ1n) is 8.93. The number of anilines is 1. The largest absolute Gasteiger partial charge is 0.479 e. The summed E-state index contributed by atoms with van der Waals surface area (Å²) in [6.45, 7) is 5.03. The van der Waals surface area contributed by atoms with Crippen molar-refractivity contribution in [2.75, 3.05) is 19.5 Å². The van der Waals surface area contributed by atoms with Crippen LogP contribution in [0.4, 0.5) is 5.95 Å². The number of imidazole rings is 1. The van der Waals surface area contributed by atoms with E-state index in [0.717, 1.165) is 0 Å². The second-order valence-electron chi connectivity index (χ2n) is 7.26. The van der Waals surface area contributed by atoms with Crippen molar-refractivity contribution in [3.8, 4) is 11.9 Å². The number of phosphoric acid groups is 1. The molecule has 29 heavy (non-hydrogen) atoms. The van der Waals surface area contributed by atoms with Crippen molar-refractivity contribution in [3.05, 3.63) is 6.33 Å². The van der Waals surface area contributed by atoms with Crippen LogP contribution in [0.3, 0.4) is 0 Å². The normalized spacial score (nSPS) is 34.3. The van der Waals surface area contributed by atoms with E-state index in [1.165, 1.54) is 13.4 Å². The van der Waals surface area contributed by atoms with Gasteiger partial charge in [-0.05, 0) is 20.8 Å². The van der Waals surface area contributed by atoms with Crippen LogP contribution < -0.4 is 10.5 Å². The molecular weight excluding hydrogens is 403 g/mol. The first kappa shape index (κ1) is 20.0. The molecule has 0 amide bonds. The van der Waals surface area contributed by atoms with Crippen LogP contribution in [0.15, 0.2) is 6.33 Å². The summed E-state index contributed by atoms with van der Waals surface area (Å²) in [5.41, 5.74) is 5.24. The Morgan fingerprint density at radius 3 is 2.90 bits per heavy atom. The second-order valence-corrected chi connectivity index (χ2v) is 8.83. The lowest BCUT2D eigenvalue weighted by Crippen LogP contribution is -2.42. The first-order chi connectivity index (χ1) is 13.7. The van der Waals surface area contributed by atoms with Gasteiger partial charge in [0.15, 0.2) is 17.4 Å². The molecule has 0 radical (unpaired) electrons. The number of hydrogen-bond donors (Lipinski definition) is 1. The SMILES string of the molecule is COc1nc(N)nc2c1ncn2C1OC2COP(=O)(OC(C)C)OC2C1(C)C#N. The number of fused-ring (bicyclic) bond motifs is 2. The summed E-state index contributed by atoms with van der Waals surface area (Å²) >= 11 is 0. The zero-order valence-electron chi connectivity index (χ0n) is 16.3. The molecule has 13 heteroatoms. The maximum atomic E-state index is 12.8. The number of aromatic nitrogens is 4. The summed E-state index contributed by atoms with van der Waals surface area (Å²) in [4.78, 5) is 12.5. The van der Waals surface area contributed by atoms with Crippen LogP contribution in [-0.2, 0) is 22.9 Å². The summed E-state index contributed by atoms with van der Waals surface area (Å²) < 4.78 is 42.0. The smallest absolute Gasteiger partial charge is 0.475 e. The van der Waals surface area contributed by atoms with Crippen LogP contribution in [0.1, 0.15) is 27.0 Å². The molecule has 0 spiro atoms. The third kappa shape index (κ3) is 3.15. The topological polar surface area (TPSA) is 157 Å². The van der Waals surface area contributed by atoms with Crippen LogP contribution in [0.25, 0.3) is 11.2 Å². The van der Waals surface area contributed by atoms with Crippen molar-refractivity contribution >= 4 is 24.9 Å². The summed E-state index contributed by atoms with van der Waals surface area (Å²) in [6, 6.07) is 2.24. The average Bonchev–Trinajstić information content (AvgIpc) is 3.19. The highest BCUT2D eigenvalue weighted by atomic mass is 31.2. The summed E-state index contributed by atoms with van der Waals surface area (Å²) in [7, 11) is -2.38.